The number of carbonyl (C=O) groups excluding carboxylic acids is 2. The van der Waals surface area contributed by atoms with Crippen LogP contribution in [0.1, 0.15) is 13.3 Å². The maximum atomic E-state index is 12.4. The molecule has 0 bridgehead atoms. The molecule has 118 valence electrons. The summed E-state index contributed by atoms with van der Waals surface area (Å²) in [5.74, 6) is 0.0361. The highest BCUT2D eigenvalue weighted by Gasteiger charge is 2.28. The Hall–Kier alpha value is -1.99. The van der Waals surface area contributed by atoms with Crippen molar-refractivity contribution in [3.8, 4) is 0 Å². The van der Waals surface area contributed by atoms with E-state index in [0.717, 1.165) is 0 Å². The number of amides is 4. The molecule has 0 aliphatic carbocycles. The van der Waals surface area contributed by atoms with E-state index < -0.39 is 6.09 Å². The molecule has 2 saturated heterocycles. The molecule has 2 aliphatic rings. The number of hydrogen-bond donors (Lipinski definition) is 1. The lowest BCUT2D eigenvalue weighted by Gasteiger charge is -2.37. The molecule has 8 heteroatoms. The Morgan fingerprint density at radius 2 is 1.14 bits per heavy atom. The van der Waals surface area contributed by atoms with Gasteiger partial charge in [-0.25, -0.2) is 9.59 Å². The average molecular weight is 298 g/mol. The summed E-state index contributed by atoms with van der Waals surface area (Å²) >= 11 is 0. The van der Waals surface area contributed by atoms with E-state index in [-0.39, 0.29) is 11.9 Å². The summed E-state index contributed by atoms with van der Waals surface area (Å²) in [5, 5.41) is 8.99. The molecular weight excluding hydrogens is 276 g/mol. The lowest BCUT2D eigenvalue weighted by molar-refractivity contribution is -0.130. The van der Waals surface area contributed by atoms with Crippen molar-refractivity contribution in [3.63, 3.8) is 0 Å². The number of rotatable bonds is 0. The summed E-state index contributed by atoms with van der Waals surface area (Å²) in [6.07, 6.45) is -0.273. The summed E-state index contributed by atoms with van der Waals surface area (Å²) in [4.78, 5) is 41.2. The zero-order valence-corrected chi connectivity index (χ0v) is 12.3. The summed E-state index contributed by atoms with van der Waals surface area (Å²) in [7, 11) is 0. The smallest absolute Gasteiger partial charge is 0.407 e. The van der Waals surface area contributed by atoms with Crippen LogP contribution in [0.15, 0.2) is 0 Å². The van der Waals surface area contributed by atoms with Crippen LogP contribution in [0.4, 0.5) is 9.59 Å². The SMILES string of the molecule is CC(=O)N1CCN(C(=O)N2CCCN(C(=O)O)CC2)CC1. The van der Waals surface area contributed by atoms with Gasteiger partial charge in [-0.05, 0) is 6.42 Å². The quantitative estimate of drug-likeness (QED) is 0.680. The number of carbonyl (C=O) groups is 3. The second-order valence-corrected chi connectivity index (χ2v) is 5.39. The Bertz CT molecular complexity index is 420. The zero-order valence-electron chi connectivity index (χ0n) is 12.3. The first-order valence-corrected chi connectivity index (χ1v) is 7.26. The van der Waals surface area contributed by atoms with E-state index in [4.69, 9.17) is 5.11 Å². The van der Waals surface area contributed by atoms with Crippen LogP contribution in [-0.4, -0.2) is 95.1 Å². The van der Waals surface area contributed by atoms with Crippen LogP contribution in [0.25, 0.3) is 0 Å². The van der Waals surface area contributed by atoms with Gasteiger partial charge in [0.25, 0.3) is 0 Å². The Kier molecular flexibility index (Phi) is 4.87. The lowest BCUT2D eigenvalue weighted by Crippen LogP contribution is -2.54. The van der Waals surface area contributed by atoms with Crippen molar-refractivity contribution in [2.75, 3.05) is 52.4 Å². The van der Waals surface area contributed by atoms with Crippen LogP contribution in [0.5, 0.6) is 0 Å². The first-order chi connectivity index (χ1) is 9.99. The third-order valence-electron chi connectivity index (χ3n) is 4.03. The van der Waals surface area contributed by atoms with Gasteiger partial charge in [0.1, 0.15) is 0 Å². The van der Waals surface area contributed by atoms with Crippen molar-refractivity contribution in [1.29, 1.82) is 0 Å². The summed E-state index contributed by atoms with van der Waals surface area (Å²) in [5.41, 5.74) is 0. The van der Waals surface area contributed by atoms with Gasteiger partial charge in [-0.1, -0.05) is 0 Å². The first-order valence-electron chi connectivity index (χ1n) is 7.26. The van der Waals surface area contributed by atoms with Crippen molar-refractivity contribution in [3.05, 3.63) is 0 Å². The third-order valence-corrected chi connectivity index (χ3v) is 4.03. The van der Waals surface area contributed by atoms with E-state index >= 15 is 0 Å². The predicted octanol–water partition coefficient (Wildman–Crippen LogP) is -0.0438. The van der Waals surface area contributed by atoms with Gasteiger partial charge in [0, 0.05) is 59.3 Å². The van der Waals surface area contributed by atoms with Crippen LogP contribution >= 0.6 is 0 Å². The highest BCUT2D eigenvalue weighted by Crippen LogP contribution is 2.10. The molecule has 0 spiro atoms. The van der Waals surface area contributed by atoms with E-state index in [1.807, 2.05) is 0 Å². The second kappa shape index (κ2) is 6.64. The molecule has 2 fully saturated rings. The topological polar surface area (TPSA) is 84.4 Å². The van der Waals surface area contributed by atoms with Gasteiger partial charge < -0.3 is 24.7 Å². The summed E-state index contributed by atoms with van der Waals surface area (Å²) in [6, 6.07) is -0.0505. The second-order valence-electron chi connectivity index (χ2n) is 5.39. The van der Waals surface area contributed by atoms with Crippen LogP contribution in [-0.2, 0) is 4.79 Å². The third kappa shape index (κ3) is 3.77. The molecule has 1 N–H and O–H groups in total. The number of carboxylic acid groups (broad SMARTS) is 1. The Morgan fingerprint density at radius 3 is 1.67 bits per heavy atom. The van der Waals surface area contributed by atoms with Gasteiger partial charge in [0.2, 0.25) is 5.91 Å². The van der Waals surface area contributed by atoms with Crippen LogP contribution in [0.2, 0.25) is 0 Å². The highest BCUT2D eigenvalue weighted by molar-refractivity contribution is 5.76. The van der Waals surface area contributed by atoms with E-state index in [1.165, 1.54) is 11.8 Å². The molecule has 21 heavy (non-hydrogen) atoms. The van der Waals surface area contributed by atoms with Crippen LogP contribution in [0.3, 0.4) is 0 Å². The van der Waals surface area contributed by atoms with Gasteiger partial charge >= 0.3 is 12.1 Å². The van der Waals surface area contributed by atoms with Gasteiger partial charge in [-0.3, -0.25) is 4.79 Å². The minimum atomic E-state index is -0.931. The molecule has 4 amide bonds. The molecule has 0 radical (unpaired) electrons. The minimum absolute atomic E-state index is 0.0361. The monoisotopic (exact) mass is 298 g/mol. The number of nitrogens with zero attached hydrogens (tertiary/aromatic N) is 4. The van der Waals surface area contributed by atoms with Gasteiger partial charge in [-0.15, -0.1) is 0 Å². The predicted molar refractivity (Wildman–Crippen MR) is 75.0 cm³/mol. The fourth-order valence-electron chi connectivity index (χ4n) is 2.71. The normalized spacial score (nSPS) is 20.2. The van der Waals surface area contributed by atoms with Crippen molar-refractivity contribution in [1.82, 2.24) is 19.6 Å². The molecular formula is C13H22N4O4. The maximum absolute atomic E-state index is 12.4. The molecule has 0 unspecified atom stereocenters. The van der Waals surface area contributed by atoms with Crippen LogP contribution in [0, 0.1) is 0 Å². The standard InChI is InChI=1S/C13H22N4O4/c1-11(18)14-5-7-16(8-6-14)12(19)15-3-2-4-17(10-9-15)13(20)21/h2-10H2,1H3,(H,20,21). The number of piperazine rings is 1. The maximum Gasteiger partial charge on any atom is 0.407 e. The van der Waals surface area contributed by atoms with E-state index in [1.54, 1.807) is 14.7 Å². The van der Waals surface area contributed by atoms with Crippen LogP contribution < -0.4 is 0 Å². The summed E-state index contributed by atoms with van der Waals surface area (Å²) < 4.78 is 0. The zero-order chi connectivity index (χ0) is 15.4. The molecule has 2 rings (SSSR count). The molecule has 0 aromatic heterocycles. The highest BCUT2D eigenvalue weighted by atomic mass is 16.4. The number of urea groups is 1. The number of hydrogen-bond acceptors (Lipinski definition) is 3. The fourth-order valence-corrected chi connectivity index (χ4v) is 2.71. The van der Waals surface area contributed by atoms with E-state index in [0.29, 0.717) is 58.8 Å². The Balaban J connectivity index is 1.86. The average Bonchev–Trinajstić information content (AvgIpc) is 2.72. The Morgan fingerprint density at radius 1 is 0.714 bits per heavy atom. The molecule has 0 atom stereocenters. The minimum Gasteiger partial charge on any atom is -0.465 e. The van der Waals surface area contributed by atoms with E-state index in [2.05, 4.69) is 0 Å². The van der Waals surface area contributed by atoms with Crippen molar-refractivity contribution < 1.29 is 19.5 Å². The molecule has 0 aromatic rings. The molecule has 2 heterocycles. The molecule has 8 nitrogen and oxygen atoms in total. The van der Waals surface area contributed by atoms with E-state index in [9.17, 15) is 14.4 Å². The van der Waals surface area contributed by atoms with Gasteiger partial charge in [0.15, 0.2) is 0 Å². The summed E-state index contributed by atoms with van der Waals surface area (Å²) in [6.45, 7) is 5.58. The fraction of sp³-hybridized carbons (Fsp3) is 0.769. The van der Waals surface area contributed by atoms with Crippen molar-refractivity contribution in [2.45, 2.75) is 13.3 Å². The molecule has 0 saturated carbocycles. The van der Waals surface area contributed by atoms with Crippen molar-refractivity contribution >= 4 is 18.0 Å². The molecule has 0 aromatic carbocycles. The molecule has 2 aliphatic heterocycles. The lowest BCUT2D eigenvalue weighted by atomic mass is 10.3. The van der Waals surface area contributed by atoms with Gasteiger partial charge in [-0.2, -0.15) is 0 Å². The first kappa shape index (κ1) is 15.4. The Labute approximate surface area is 123 Å². The largest absolute Gasteiger partial charge is 0.465 e. The van der Waals surface area contributed by atoms with Gasteiger partial charge in [0.05, 0.1) is 0 Å². The van der Waals surface area contributed by atoms with Crippen molar-refractivity contribution in [2.24, 2.45) is 0 Å².